The Morgan fingerprint density at radius 2 is 1.61 bits per heavy atom. The summed E-state index contributed by atoms with van der Waals surface area (Å²) >= 11 is 0. The maximum absolute atomic E-state index is 13.7. The lowest BCUT2D eigenvalue weighted by atomic mass is 9.74. The van der Waals surface area contributed by atoms with Gasteiger partial charge in [-0.1, -0.05) is 50.2 Å². The monoisotopic (exact) mass is 495 g/mol. The second-order valence-electron chi connectivity index (χ2n) is 10.6. The number of nitrogens with one attached hydrogen (secondary N) is 1. The molecule has 6 nitrogen and oxygen atoms in total. The van der Waals surface area contributed by atoms with Crippen LogP contribution in [-0.4, -0.2) is 60.6 Å². The van der Waals surface area contributed by atoms with Crippen molar-refractivity contribution < 1.29 is 18.7 Å². The fourth-order valence-electron chi connectivity index (χ4n) is 5.59. The van der Waals surface area contributed by atoms with Crippen LogP contribution >= 0.6 is 0 Å². The number of benzene rings is 2. The van der Waals surface area contributed by atoms with E-state index in [9.17, 15) is 14.0 Å². The van der Waals surface area contributed by atoms with Crippen molar-refractivity contribution in [2.75, 3.05) is 33.4 Å². The Kier molecular flexibility index (Phi) is 8.42. The molecule has 4 rings (SSSR count). The lowest BCUT2D eigenvalue weighted by Crippen LogP contribution is -2.57. The molecule has 1 N–H and O–H groups in total. The number of methoxy groups -OCH3 is 1. The number of rotatable bonds is 10. The van der Waals surface area contributed by atoms with E-state index in [-0.39, 0.29) is 30.2 Å². The Morgan fingerprint density at radius 1 is 1.00 bits per heavy atom. The van der Waals surface area contributed by atoms with Crippen LogP contribution < -0.4 is 5.32 Å². The first-order valence-electron chi connectivity index (χ1n) is 13.0. The van der Waals surface area contributed by atoms with Crippen molar-refractivity contribution in [3.05, 3.63) is 71.0 Å². The van der Waals surface area contributed by atoms with Crippen molar-refractivity contribution in [3.63, 3.8) is 0 Å². The van der Waals surface area contributed by atoms with Gasteiger partial charge in [-0.25, -0.2) is 9.18 Å². The molecule has 0 unspecified atom stereocenters. The molecule has 0 radical (unpaired) electrons. The summed E-state index contributed by atoms with van der Waals surface area (Å²) in [4.78, 5) is 30.3. The summed E-state index contributed by atoms with van der Waals surface area (Å²) in [5, 5.41) is 3.06. The average Bonchev–Trinajstić information content (AvgIpc) is 3.10. The zero-order chi connectivity index (χ0) is 25.7. The second kappa shape index (κ2) is 11.5. The highest BCUT2D eigenvalue weighted by Crippen LogP contribution is 2.37. The van der Waals surface area contributed by atoms with Crippen LogP contribution in [0.15, 0.2) is 48.5 Å². The number of piperidine rings is 1. The van der Waals surface area contributed by atoms with Gasteiger partial charge >= 0.3 is 6.03 Å². The van der Waals surface area contributed by atoms with E-state index in [1.807, 2.05) is 0 Å². The van der Waals surface area contributed by atoms with Crippen LogP contribution in [-0.2, 0) is 28.9 Å². The Balaban J connectivity index is 1.46. The van der Waals surface area contributed by atoms with E-state index in [0.29, 0.717) is 18.9 Å². The molecule has 0 spiro atoms. The molecule has 2 heterocycles. The third-order valence-electron chi connectivity index (χ3n) is 7.47. The Bertz CT molecular complexity index is 1030. The second-order valence-corrected chi connectivity index (χ2v) is 10.6. The summed E-state index contributed by atoms with van der Waals surface area (Å²) in [5.41, 5.74) is 2.47. The minimum Gasteiger partial charge on any atom is -0.383 e. The largest absolute Gasteiger partial charge is 0.383 e. The molecule has 3 amide bonds. The van der Waals surface area contributed by atoms with Crippen molar-refractivity contribution in [2.24, 2.45) is 11.8 Å². The molecule has 0 aromatic heterocycles. The number of hydrogen-bond donors (Lipinski definition) is 1. The summed E-state index contributed by atoms with van der Waals surface area (Å²) in [6.07, 6.45) is 3.04. The van der Waals surface area contributed by atoms with Gasteiger partial charge < -0.3 is 10.1 Å². The smallest absolute Gasteiger partial charge is 0.325 e. The normalized spacial score (nSPS) is 21.4. The van der Waals surface area contributed by atoms with Crippen LogP contribution in [0.4, 0.5) is 9.18 Å². The predicted octanol–water partition coefficient (Wildman–Crippen LogP) is 4.42. The van der Waals surface area contributed by atoms with Crippen molar-refractivity contribution in [2.45, 2.75) is 51.6 Å². The highest BCUT2D eigenvalue weighted by atomic mass is 19.1. The highest BCUT2D eigenvalue weighted by molar-refractivity contribution is 6.07. The van der Waals surface area contributed by atoms with Crippen molar-refractivity contribution >= 4 is 11.9 Å². The summed E-state index contributed by atoms with van der Waals surface area (Å²) < 4.78 is 18.6. The number of imide groups is 1. The molecule has 0 aliphatic carbocycles. The molecule has 2 aromatic carbocycles. The number of ether oxygens (including phenoxy) is 1. The molecule has 2 aliphatic rings. The lowest BCUT2D eigenvalue weighted by Gasteiger charge is -2.41. The van der Waals surface area contributed by atoms with E-state index in [1.165, 1.54) is 28.2 Å². The Hall–Kier alpha value is -2.77. The highest BCUT2D eigenvalue weighted by Gasteiger charge is 2.55. The maximum atomic E-state index is 13.7. The van der Waals surface area contributed by atoms with Gasteiger partial charge in [0.2, 0.25) is 0 Å². The SMILES string of the molecule is COCCN1C(=O)N[C@](Cc2ccc(F)cc2)(C2CCN(Cc3ccc(CC(C)C)cc3)CC2)C1=O. The lowest BCUT2D eigenvalue weighted by molar-refractivity contribution is -0.134. The molecular formula is C29H38FN3O3. The van der Waals surface area contributed by atoms with Gasteiger partial charge in [0.1, 0.15) is 11.4 Å². The van der Waals surface area contributed by atoms with Gasteiger partial charge in [0.15, 0.2) is 0 Å². The van der Waals surface area contributed by atoms with Crippen LogP contribution in [0.5, 0.6) is 0 Å². The van der Waals surface area contributed by atoms with Gasteiger partial charge in [0.05, 0.1) is 13.2 Å². The van der Waals surface area contributed by atoms with Gasteiger partial charge in [-0.15, -0.1) is 0 Å². The Labute approximate surface area is 213 Å². The molecule has 1 atom stereocenters. The third kappa shape index (κ3) is 5.95. The molecule has 7 heteroatoms. The third-order valence-corrected chi connectivity index (χ3v) is 7.47. The molecule has 194 valence electrons. The molecule has 2 saturated heterocycles. The predicted molar refractivity (Wildman–Crippen MR) is 138 cm³/mol. The van der Waals surface area contributed by atoms with E-state index in [1.54, 1.807) is 19.2 Å². The van der Waals surface area contributed by atoms with Crippen molar-refractivity contribution in [1.29, 1.82) is 0 Å². The quantitative estimate of drug-likeness (QED) is 0.496. The summed E-state index contributed by atoms with van der Waals surface area (Å²) in [5.74, 6) is 0.118. The van der Waals surface area contributed by atoms with Gasteiger partial charge in [-0.2, -0.15) is 0 Å². The first-order valence-corrected chi connectivity index (χ1v) is 13.0. The van der Waals surface area contributed by atoms with Gasteiger partial charge in [-0.3, -0.25) is 14.6 Å². The molecule has 0 bridgehead atoms. The van der Waals surface area contributed by atoms with Crippen molar-refractivity contribution in [3.8, 4) is 0 Å². The number of amides is 3. The molecule has 2 fully saturated rings. The van der Waals surface area contributed by atoms with E-state index in [0.717, 1.165) is 44.5 Å². The van der Waals surface area contributed by atoms with Gasteiger partial charge in [0, 0.05) is 20.1 Å². The zero-order valence-electron chi connectivity index (χ0n) is 21.6. The fraction of sp³-hybridized carbons (Fsp3) is 0.517. The minimum atomic E-state index is -1.02. The standard InChI is InChI=1S/C29H38FN3O3/c1-21(2)18-22-4-6-24(7-5-22)20-32-14-12-25(13-15-32)29(19-23-8-10-26(30)11-9-23)27(34)33(16-17-36-3)28(35)31-29/h4-11,21,25H,12-20H2,1-3H3,(H,31,35)/t29-/m1/s1. The van der Waals surface area contributed by atoms with Crippen LogP contribution in [0.25, 0.3) is 0 Å². The first kappa shape index (κ1) is 26.3. The van der Waals surface area contributed by atoms with Crippen LogP contribution in [0.2, 0.25) is 0 Å². The van der Waals surface area contributed by atoms with Crippen LogP contribution in [0, 0.1) is 17.7 Å². The number of carbonyl (C=O) groups excluding carboxylic acids is 2. The van der Waals surface area contributed by atoms with E-state index < -0.39 is 5.54 Å². The molecule has 2 aromatic rings. The van der Waals surface area contributed by atoms with E-state index in [4.69, 9.17) is 4.74 Å². The minimum absolute atomic E-state index is 0.00350. The van der Waals surface area contributed by atoms with E-state index in [2.05, 4.69) is 48.3 Å². The molecule has 36 heavy (non-hydrogen) atoms. The van der Waals surface area contributed by atoms with Crippen LogP contribution in [0.3, 0.4) is 0 Å². The average molecular weight is 496 g/mol. The summed E-state index contributed by atoms with van der Waals surface area (Å²) in [7, 11) is 1.55. The first-order chi connectivity index (χ1) is 17.3. The van der Waals surface area contributed by atoms with Gasteiger partial charge in [0.25, 0.3) is 5.91 Å². The Morgan fingerprint density at radius 3 is 2.22 bits per heavy atom. The molecule has 0 saturated carbocycles. The number of likely N-dealkylation sites (tertiary alicyclic amines) is 1. The van der Waals surface area contributed by atoms with E-state index >= 15 is 0 Å². The summed E-state index contributed by atoms with van der Waals surface area (Å²) in [6, 6.07) is 14.7. The fourth-order valence-corrected chi connectivity index (χ4v) is 5.59. The number of halogens is 1. The molecular weight excluding hydrogens is 457 g/mol. The number of carbonyl (C=O) groups is 2. The number of hydrogen-bond acceptors (Lipinski definition) is 4. The summed E-state index contributed by atoms with van der Waals surface area (Å²) in [6.45, 7) is 7.55. The zero-order valence-corrected chi connectivity index (χ0v) is 21.6. The topological polar surface area (TPSA) is 61.9 Å². The van der Waals surface area contributed by atoms with Gasteiger partial charge in [-0.05, 0) is 73.0 Å². The van der Waals surface area contributed by atoms with Crippen molar-refractivity contribution in [1.82, 2.24) is 15.1 Å². The molecule has 2 aliphatic heterocycles. The number of nitrogens with zero attached hydrogens (tertiary/aromatic N) is 2. The van der Waals surface area contributed by atoms with Crippen LogP contribution in [0.1, 0.15) is 43.4 Å². The number of urea groups is 1. The maximum Gasteiger partial charge on any atom is 0.325 e.